The van der Waals surface area contributed by atoms with Crippen molar-refractivity contribution in [2.75, 3.05) is 6.26 Å². The number of benzene rings is 1. The number of H-pyrrole nitrogens is 1. The van der Waals surface area contributed by atoms with E-state index >= 15 is 0 Å². The second kappa shape index (κ2) is 7.58. The molecule has 3 aromatic heterocycles. The predicted molar refractivity (Wildman–Crippen MR) is 104 cm³/mol. The van der Waals surface area contributed by atoms with Crippen molar-refractivity contribution in [1.82, 2.24) is 24.5 Å². The Hall–Kier alpha value is -3.18. The van der Waals surface area contributed by atoms with Crippen LogP contribution < -0.4 is 5.56 Å². The van der Waals surface area contributed by atoms with Gasteiger partial charge in [-0.05, 0) is 29.8 Å². The number of hydrogen-bond donors (Lipinski definition) is 1. The molecule has 1 unspecified atom stereocenters. The molecule has 0 aliphatic rings. The first-order chi connectivity index (χ1) is 14.2. The van der Waals surface area contributed by atoms with E-state index in [1.165, 1.54) is 29.2 Å². The van der Waals surface area contributed by atoms with Gasteiger partial charge in [-0.1, -0.05) is 6.07 Å². The van der Waals surface area contributed by atoms with Crippen LogP contribution in [0.4, 0.5) is 13.2 Å². The number of nitrogens with zero attached hydrogens (tertiary/aromatic N) is 4. The van der Waals surface area contributed by atoms with E-state index in [1.807, 2.05) is 18.2 Å². The summed E-state index contributed by atoms with van der Waals surface area (Å²) in [7, 11) is 0. The van der Waals surface area contributed by atoms with Gasteiger partial charge in [0.25, 0.3) is 5.56 Å². The van der Waals surface area contributed by atoms with Crippen LogP contribution in [0, 0.1) is 0 Å². The molecule has 0 fully saturated rings. The van der Waals surface area contributed by atoms with Crippen LogP contribution in [0.15, 0.2) is 58.9 Å². The summed E-state index contributed by atoms with van der Waals surface area (Å²) >= 11 is -1.81. The van der Waals surface area contributed by atoms with Gasteiger partial charge in [0.1, 0.15) is 6.26 Å². The molecule has 0 saturated heterocycles. The van der Waals surface area contributed by atoms with Crippen molar-refractivity contribution < 1.29 is 17.7 Å². The topological polar surface area (TPSA) is 99.5 Å². The molecule has 154 valence electrons. The fraction of sp³-hybridized carbons (Fsp3) is 0.158. The van der Waals surface area contributed by atoms with Crippen molar-refractivity contribution in [2.45, 2.75) is 17.9 Å². The van der Waals surface area contributed by atoms with E-state index in [0.717, 1.165) is 22.7 Å². The number of rotatable bonds is 4. The lowest BCUT2D eigenvalue weighted by Crippen LogP contribution is -2.19. The molecule has 4 aromatic rings. The van der Waals surface area contributed by atoms with Crippen molar-refractivity contribution in [3.63, 3.8) is 0 Å². The number of alkyl halides is 3. The predicted octanol–water partition coefficient (Wildman–Crippen LogP) is 2.99. The van der Waals surface area contributed by atoms with Crippen molar-refractivity contribution in [3.8, 4) is 11.3 Å². The first-order valence-electron chi connectivity index (χ1n) is 8.63. The van der Waals surface area contributed by atoms with Gasteiger partial charge >= 0.3 is 11.3 Å². The Kier molecular flexibility index (Phi) is 5.08. The minimum atomic E-state index is -4.72. The maximum absolute atomic E-state index is 13.2. The van der Waals surface area contributed by atoms with Crippen LogP contribution in [0.25, 0.3) is 22.3 Å². The van der Waals surface area contributed by atoms with Gasteiger partial charge in [-0.15, -0.1) is 0 Å². The minimum absolute atomic E-state index is 0.0703. The lowest BCUT2D eigenvalue weighted by Gasteiger charge is -2.12. The largest absolute Gasteiger partial charge is 0.609 e. The summed E-state index contributed by atoms with van der Waals surface area (Å²) in [6.07, 6.45) is -0.545. The summed E-state index contributed by atoms with van der Waals surface area (Å²) in [5.41, 5.74) is 1.06. The summed E-state index contributed by atoms with van der Waals surface area (Å²) in [5, 5.41) is -0.429. The molecule has 11 heteroatoms. The van der Waals surface area contributed by atoms with Crippen molar-refractivity contribution in [2.24, 2.45) is 0 Å². The minimum Gasteiger partial charge on any atom is -0.609 e. The first kappa shape index (κ1) is 20.1. The van der Waals surface area contributed by atoms with Gasteiger partial charge in [0.2, 0.25) is 0 Å². The molecule has 1 atom stereocenters. The van der Waals surface area contributed by atoms with Crippen LogP contribution >= 0.6 is 0 Å². The van der Waals surface area contributed by atoms with Crippen LogP contribution in [-0.2, 0) is 23.9 Å². The van der Waals surface area contributed by atoms with E-state index in [9.17, 15) is 22.5 Å². The second-order valence-electron chi connectivity index (χ2n) is 6.51. The molecule has 1 N–H and O–H groups in total. The highest BCUT2D eigenvalue weighted by atomic mass is 32.2. The molecular formula is C19H14F3N5O2S. The molecule has 30 heavy (non-hydrogen) atoms. The number of aromatic nitrogens is 5. The highest BCUT2D eigenvalue weighted by molar-refractivity contribution is 7.90. The van der Waals surface area contributed by atoms with E-state index in [2.05, 4.69) is 19.9 Å². The van der Waals surface area contributed by atoms with Crippen LogP contribution in [0.3, 0.4) is 0 Å². The quantitative estimate of drug-likeness (QED) is 0.394. The van der Waals surface area contributed by atoms with E-state index < -0.39 is 28.2 Å². The van der Waals surface area contributed by atoms with Gasteiger partial charge in [-0.25, -0.2) is 4.98 Å². The standard InChI is InChI=1S/C19H14F3N5O2S/c1-30(29)18-25-14(7-16(26-18)19(20,21)22)12-3-5-17(28)27(9-12)8-11-2-4-13-15(6-11)24-10-23-13/h2-7,9-10H,8H2,1H3,(H,23,24). The molecule has 0 aliphatic carbocycles. The van der Waals surface area contributed by atoms with E-state index in [-0.39, 0.29) is 23.4 Å². The zero-order valence-corrected chi connectivity index (χ0v) is 16.3. The molecule has 0 aliphatic heterocycles. The fourth-order valence-electron chi connectivity index (χ4n) is 2.93. The molecule has 1 aromatic carbocycles. The van der Waals surface area contributed by atoms with E-state index in [1.54, 1.807) is 6.33 Å². The van der Waals surface area contributed by atoms with Crippen LogP contribution in [0.5, 0.6) is 0 Å². The number of halogens is 3. The summed E-state index contributed by atoms with van der Waals surface area (Å²) in [6.45, 7) is 0.194. The third-order valence-electron chi connectivity index (χ3n) is 4.37. The third kappa shape index (κ3) is 4.07. The molecule has 4 rings (SSSR count). The van der Waals surface area contributed by atoms with Gasteiger partial charge in [-0.3, -0.25) is 4.79 Å². The highest BCUT2D eigenvalue weighted by Gasteiger charge is 2.35. The van der Waals surface area contributed by atoms with Crippen LogP contribution in [0.1, 0.15) is 11.3 Å². The average molecular weight is 433 g/mol. The van der Waals surface area contributed by atoms with Crippen LogP contribution in [0.2, 0.25) is 0 Å². The monoisotopic (exact) mass is 433 g/mol. The molecule has 3 heterocycles. The maximum Gasteiger partial charge on any atom is 0.433 e. The second-order valence-corrected chi connectivity index (χ2v) is 7.78. The van der Waals surface area contributed by atoms with Gasteiger partial charge in [-0.2, -0.15) is 23.1 Å². The molecule has 0 radical (unpaired) electrons. The summed E-state index contributed by atoms with van der Waals surface area (Å²) in [6, 6.07) is 8.87. The molecule has 0 amide bonds. The van der Waals surface area contributed by atoms with Gasteiger partial charge in [0.15, 0.2) is 5.69 Å². The number of imidazole rings is 1. The Labute approximate surface area is 170 Å². The number of fused-ring (bicyclic) bond motifs is 1. The lowest BCUT2D eigenvalue weighted by molar-refractivity contribution is -0.141. The summed E-state index contributed by atoms with van der Waals surface area (Å²) < 4.78 is 52.7. The Morgan fingerprint density at radius 1 is 1.17 bits per heavy atom. The van der Waals surface area contributed by atoms with E-state index in [0.29, 0.717) is 0 Å². The number of aromatic amines is 1. The smallest absolute Gasteiger partial charge is 0.433 e. The summed E-state index contributed by atoms with van der Waals surface area (Å²) in [4.78, 5) is 26.8. The molecule has 0 bridgehead atoms. The lowest BCUT2D eigenvalue weighted by atomic mass is 10.1. The molecular weight excluding hydrogens is 419 g/mol. The highest BCUT2D eigenvalue weighted by Crippen LogP contribution is 2.30. The summed E-state index contributed by atoms with van der Waals surface area (Å²) in [5.74, 6) is 0. The zero-order valence-electron chi connectivity index (χ0n) is 15.5. The first-order valence-corrected chi connectivity index (χ1v) is 10.2. The normalized spacial score (nSPS) is 13.0. The Balaban J connectivity index is 1.75. The van der Waals surface area contributed by atoms with Crippen LogP contribution in [-0.4, -0.2) is 35.3 Å². The van der Waals surface area contributed by atoms with Gasteiger partial charge < -0.3 is 14.1 Å². The number of hydrogen-bond acceptors (Lipinski definition) is 5. The Bertz CT molecular complexity index is 1280. The molecule has 0 spiro atoms. The van der Waals surface area contributed by atoms with Gasteiger partial charge in [0.05, 0.1) is 29.6 Å². The van der Waals surface area contributed by atoms with Crippen molar-refractivity contribution in [1.29, 1.82) is 0 Å². The van der Waals surface area contributed by atoms with Gasteiger partial charge in [0, 0.05) is 29.0 Å². The number of pyridine rings is 1. The zero-order chi connectivity index (χ0) is 21.5. The third-order valence-corrected chi connectivity index (χ3v) is 5.07. The fourth-order valence-corrected chi connectivity index (χ4v) is 3.38. The number of nitrogens with one attached hydrogen (secondary N) is 1. The molecule has 7 nitrogen and oxygen atoms in total. The Morgan fingerprint density at radius 2 is 1.97 bits per heavy atom. The molecule has 0 saturated carbocycles. The maximum atomic E-state index is 13.2. The van der Waals surface area contributed by atoms with E-state index in [4.69, 9.17) is 0 Å². The SMILES string of the molecule is C[S+]([O-])c1nc(-c2ccc(=O)n(Cc3ccc4[nH]cnc4c3)c2)cc(C(F)(F)F)n1. The van der Waals surface area contributed by atoms with Crippen molar-refractivity contribution in [3.05, 3.63) is 70.5 Å². The Morgan fingerprint density at radius 3 is 2.70 bits per heavy atom. The average Bonchev–Trinajstić information content (AvgIpc) is 3.16. The van der Waals surface area contributed by atoms with Crippen molar-refractivity contribution >= 4 is 22.2 Å².